The number of benzene rings is 1. The van der Waals surface area contributed by atoms with Crippen molar-refractivity contribution in [3.05, 3.63) is 24.3 Å². The van der Waals surface area contributed by atoms with E-state index in [0.717, 1.165) is 24.6 Å². The van der Waals surface area contributed by atoms with Crippen LogP contribution in [0.1, 0.15) is 6.92 Å². The average molecular weight is 290 g/mol. The Morgan fingerprint density at radius 2 is 2.10 bits per heavy atom. The zero-order valence-electron chi connectivity index (χ0n) is 12.5. The van der Waals surface area contributed by atoms with Crippen LogP contribution in [0.4, 0.5) is 0 Å². The van der Waals surface area contributed by atoms with E-state index in [1.54, 1.807) is 4.90 Å². The molecule has 0 saturated carbocycles. The molecular weight excluding hydrogens is 268 g/mol. The van der Waals surface area contributed by atoms with Gasteiger partial charge in [-0.2, -0.15) is 0 Å². The molecule has 0 spiro atoms. The monoisotopic (exact) mass is 290 g/mol. The smallest absolute Gasteiger partial charge is 0.227 e. The summed E-state index contributed by atoms with van der Waals surface area (Å²) in [5.74, 6) is 2.19. The lowest BCUT2D eigenvalue weighted by molar-refractivity contribution is -0.136. The molecule has 114 valence electrons. The Morgan fingerprint density at radius 3 is 2.81 bits per heavy atom. The number of hydrogen-bond donors (Lipinski definition) is 1. The summed E-state index contributed by atoms with van der Waals surface area (Å²) in [4.78, 5) is 14.2. The lowest BCUT2D eigenvalue weighted by atomic mass is 9.97. The number of nitrogens with zero attached hydrogens (tertiary/aromatic N) is 1. The highest BCUT2D eigenvalue weighted by Gasteiger charge is 2.33. The molecule has 5 heteroatoms. The van der Waals surface area contributed by atoms with E-state index in [4.69, 9.17) is 9.47 Å². The van der Waals surface area contributed by atoms with Gasteiger partial charge in [-0.3, -0.25) is 4.79 Å². The lowest BCUT2D eigenvalue weighted by Crippen LogP contribution is -2.44. The van der Waals surface area contributed by atoms with E-state index in [0.29, 0.717) is 19.1 Å². The molecule has 5 nitrogen and oxygen atoms in total. The molecule has 1 unspecified atom stereocenters. The fourth-order valence-electron chi connectivity index (χ4n) is 2.97. The van der Waals surface area contributed by atoms with Gasteiger partial charge < -0.3 is 19.7 Å². The Balaban J connectivity index is 1.58. The Labute approximate surface area is 125 Å². The van der Waals surface area contributed by atoms with Gasteiger partial charge in [-0.05, 0) is 24.6 Å². The van der Waals surface area contributed by atoms with E-state index < -0.39 is 0 Å². The van der Waals surface area contributed by atoms with Crippen molar-refractivity contribution in [3.63, 3.8) is 0 Å². The van der Waals surface area contributed by atoms with E-state index in [1.165, 1.54) is 0 Å². The molecular formula is C16H22N2O3. The van der Waals surface area contributed by atoms with Crippen molar-refractivity contribution < 1.29 is 14.3 Å². The number of carbonyl (C=O) groups is 1. The van der Waals surface area contributed by atoms with Crippen molar-refractivity contribution in [2.24, 2.45) is 11.8 Å². The van der Waals surface area contributed by atoms with E-state index in [9.17, 15) is 4.79 Å². The number of carbonyl (C=O) groups excluding carboxylic acids is 1. The zero-order valence-corrected chi connectivity index (χ0v) is 12.5. The van der Waals surface area contributed by atoms with Crippen molar-refractivity contribution >= 4 is 5.91 Å². The van der Waals surface area contributed by atoms with Crippen LogP contribution in [0.2, 0.25) is 0 Å². The van der Waals surface area contributed by atoms with Gasteiger partial charge in [-0.15, -0.1) is 0 Å². The average Bonchev–Trinajstić information content (AvgIpc) is 2.92. The third kappa shape index (κ3) is 2.97. The third-order valence-corrected chi connectivity index (χ3v) is 4.26. The largest absolute Gasteiger partial charge is 0.486 e. The lowest BCUT2D eigenvalue weighted by Gasteiger charge is -2.31. The van der Waals surface area contributed by atoms with Crippen LogP contribution >= 0.6 is 0 Å². The van der Waals surface area contributed by atoms with Crippen LogP contribution in [0, 0.1) is 11.8 Å². The highest BCUT2D eigenvalue weighted by Crippen LogP contribution is 2.31. The molecule has 1 saturated heterocycles. The van der Waals surface area contributed by atoms with Gasteiger partial charge in [-0.25, -0.2) is 0 Å². The van der Waals surface area contributed by atoms with Gasteiger partial charge in [0.25, 0.3) is 0 Å². The highest BCUT2D eigenvalue weighted by atomic mass is 16.6. The summed E-state index contributed by atoms with van der Waals surface area (Å²) in [6, 6.07) is 7.64. The van der Waals surface area contributed by atoms with Gasteiger partial charge in [0.1, 0.15) is 6.61 Å². The minimum absolute atomic E-state index is 0.0757. The molecule has 21 heavy (non-hydrogen) atoms. The van der Waals surface area contributed by atoms with Gasteiger partial charge in [0.15, 0.2) is 17.6 Å². The molecule has 0 aromatic heterocycles. The first-order valence-electron chi connectivity index (χ1n) is 7.49. The molecule has 0 bridgehead atoms. The van der Waals surface area contributed by atoms with Crippen LogP contribution < -0.4 is 14.8 Å². The highest BCUT2D eigenvalue weighted by molar-refractivity contribution is 5.79. The molecule has 0 aliphatic carbocycles. The van der Waals surface area contributed by atoms with Crippen molar-refractivity contribution in [2.45, 2.75) is 13.0 Å². The maximum Gasteiger partial charge on any atom is 0.227 e. The summed E-state index contributed by atoms with van der Waals surface area (Å²) in [6.07, 6.45) is -0.112. The number of rotatable bonds is 3. The predicted octanol–water partition coefficient (Wildman–Crippen LogP) is 1.14. The molecule has 1 N–H and O–H groups in total. The number of nitrogens with one attached hydrogen (secondary N) is 1. The zero-order chi connectivity index (χ0) is 14.8. The summed E-state index contributed by atoms with van der Waals surface area (Å²) in [5, 5.41) is 3.27. The molecule has 3 atom stereocenters. The fraction of sp³-hybridized carbons (Fsp3) is 0.562. The minimum atomic E-state index is -0.112. The quantitative estimate of drug-likeness (QED) is 0.907. The summed E-state index contributed by atoms with van der Waals surface area (Å²) >= 11 is 0. The number of para-hydroxylation sites is 2. The Morgan fingerprint density at radius 1 is 1.33 bits per heavy atom. The second-order valence-electron chi connectivity index (χ2n) is 5.96. The van der Waals surface area contributed by atoms with E-state index in [1.807, 2.05) is 31.3 Å². The first kappa shape index (κ1) is 14.2. The normalized spacial score (nSPS) is 27.4. The summed E-state index contributed by atoms with van der Waals surface area (Å²) in [6.45, 7) is 4.84. The molecule has 1 aromatic carbocycles. The Bertz CT molecular complexity index is 520. The number of amides is 1. The molecule has 1 amide bonds. The number of fused-ring (bicyclic) bond motifs is 1. The van der Waals surface area contributed by atoms with Crippen LogP contribution in [0.3, 0.4) is 0 Å². The van der Waals surface area contributed by atoms with Gasteiger partial charge in [-0.1, -0.05) is 19.1 Å². The molecule has 0 radical (unpaired) electrons. The van der Waals surface area contributed by atoms with Crippen LogP contribution in [0.5, 0.6) is 11.5 Å². The van der Waals surface area contributed by atoms with Crippen molar-refractivity contribution in [2.75, 3.05) is 33.3 Å². The molecule has 2 aliphatic heterocycles. The maximum atomic E-state index is 12.5. The standard InChI is InChI=1S/C16H22N2O3/c1-11-7-17-8-13(11)16(19)18(2)9-12-10-20-14-5-3-4-6-15(14)21-12/h3-6,11-13,17H,7-10H2,1-2H3/t11-,12?,13-/m1/s1. The second kappa shape index (κ2) is 5.93. The molecule has 1 aromatic rings. The van der Waals surface area contributed by atoms with E-state index >= 15 is 0 Å². The minimum Gasteiger partial charge on any atom is -0.486 e. The first-order chi connectivity index (χ1) is 10.1. The second-order valence-corrected chi connectivity index (χ2v) is 5.96. The van der Waals surface area contributed by atoms with E-state index in [-0.39, 0.29) is 17.9 Å². The summed E-state index contributed by atoms with van der Waals surface area (Å²) < 4.78 is 11.6. The number of hydrogen-bond acceptors (Lipinski definition) is 4. The Hall–Kier alpha value is -1.75. The number of ether oxygens (including phenoxy) is 2. The van der Waals surface area contributed by atoms with Crippen LogP contribution in [-0.2, 0) is 4.79 Å². The van der Waals surface area contributed by atoms with Crippen LogP contribution in [-0.4, -0.2) is 50.2 Å². The maximum absolute atomic E-state index is 12.5. The number of likely N-dealkylation sites (N-methyl/N-ethyl adjacent to an activating group) is 1. The molecule has 2 heterocycles. The van der Waals surface area contributed by atoms with Gasteiger partial charge in [0.05, 0.1) is 12.5 Å². The molecule has 1 fully saturated rings. The van der Waals surface area contributed by atoms with Crippen LogP contribution in [0.25, 0.3) is 0 Å². The van der Waals surface area contributed by atoms with Crippen molar-refractivity contribution in [1.82, 2.24) is 10.2 Å². The van der Waals surface area contributed by atoms with Crippen molar-refractivity contribution in [1.29, 1.82) is 0 Å². The van der Waals surface area contributed by atoms with E-state index in [2.05, 4.69) is 12.2 Å². The van der Waals surface area contributed by atoms with Gasteiger partial charge in [0, 0.05) is 13.6 Å². The van der Waals surface area contributed by atoms with Gasteiger partial charge in [0.2, 0.25) is 5.91 Å². The summed E-state index contributed by atoms with van der Waals surface area (Å²) in [5.41, 5.74) is 0. The van der Waals surface area contributed by atoms with Crippen molar-refractivity contribution in [3.8, 4) is 11.5 Å². The molecule has 3 rings (SSSR count). The predicted molar refractivity (Wildman–Crippen MR) is 79.5 cm³/mol. The van der Waals surface area contributed by atoms with Gasteiger partial charge >= 0.3 is 0 Å². The topological polar surface area (TPSA) is 50.8 Å². The third-order valence-electron chi connectivity index (χ3n) is 4.26. The first-order valence-corrected chi connectivity index (χ1v) is 7.49. The fourth-order valence-corrected chi connectivity index (χ4v) is 2.97. The Kier molecular flexibility index (Phi) is 4.01. The SMILES string of the molecule is C[C@@H]1CNC[C@H]1C(=O)N(C)CC1COc2ccccc2O1. The summed E-state index contributed by atoms with van der Waals surface area (Å²) in [7, 11) is 1.84. The van der Waals surface area contributed by atoms with Crippen LogP contribution in [0.15, 0.2) is 24.3 Å². The molecule has 2 aliphatic rings.